The molecule has 0 atom stereocenters. The number of rotatable bonds is 4. The molecule has 1 aromatic rings. The minimum Gasteiger partial charge on any atom is -0.497 e. The SMILES string of the molecule is C=C(CBr)Sc1ccc(OC)cc1. The lowest BCUT2D eigenvalue weighted by Gasteiger charge is -2.03. The van der Waals surface area contributed by atoms with Crippen molar-refractivity contribution in [2.45, 2.75) is 4.90 Å². The number of halogens is 1. The third kappa shape index (κ3) is 3.44. The molecule has 0 unspecified atom stereocenters. The van der Waals surface area contributed by atoms with Crippen molar-refractivity contribution in [1.29, 1.82) is 0 Å². The molecule has 0 aliphatic rings. The van der Waals surface area contributed by atoms with Crippen LogP contribution in [-0.2, 0) is 0 Å². The van der Waals surface area contributed by atoms with Crippen LogP contribution < -0.4 is 4.74 Å². The fourth-order valence-electron chi connectivity index (χ4n) is 0.838. The van der Waals surface area contributed by atoms with Crippen molar-refractivity contribution in [3.05, 3.63) is 35.7 Å². The fourth-order valence-corrected chi connectivity index (χ4v) is 1.84. The number of allylic oxidation sites excluding steroid dienone is 1. The Morgan fingerprint density at radius 3 is 2.54 bits per heavy atom. The molecule has 0 bridgehead atoms. The monoisotopic (exact) mass is 258 g/mol. The molecule has 3 heteroatoms. The standard InChI is InChI=1S/C10H11BrOS/c1-8(7-11)13-10-5-3-9(12-2)4-6-10/h3-6H,1,7H2,2H3. The van der Waals surface area contributed by atoms with Crippen molar-refractivity contribution in [3.8, 4) is 5.75 Å². The van der Waals surface area contributed by atoms with Gasteiger partial charge in [0.2, 0.25) is 0 Å². The molecule has 0 saturated carbocycles. The summed E-state index contributed by atoms with van der Waals surface area (Å²) in [5.41, 5.74) is 0. The zero-order chi connectivity index (χ0) is 9.68. The summed E-state index contributed by atoms with van der Waals surface area (Å²) in [5, 5.41) is 0.823. The molecule has 1 nitrogen and oxygen atoms in total. The molecule has 13 heavy (non-hydrogen) atoms. The Kier molecular flexibility index (Phi) is 4.39. The van der Waals surface area contributed by atoms with E-state index in [0.717, 1.165) is 16.0 Å². The normalized spacial score (nSPS) is 9.69. The first-order valence-electron chi connectivity index (χ1n) is 3.82. The molecule has 0 heterocycles. The average Bonchev–Trinajstić information content (AvgIpc) is 2.19. The Bertz CT molecular complexity index is 281. The minimum atomic E-state index is 0.823. The van der Waals surface area contributed by atoms with E-state index in [4.69, 9.17) is 4.74 Å². The van der Waals surface area contributed by atoms with Crippen molar-refractivity contribution in [2.24, 2.45) is 0 Å². The molecule has 1 rings (SSSR count). The minimum absolute atomic E-state index is 0.823. The van der Waals surface area contributed by atoms with Gasteiger partial charge in [-0.2, -0.15) is 0 Å². The van der Waals surface area contributed by atoms with E-state index in [9.17, 15) is 0 Å². The summed E-state index contributed by atoms with van der Waals surface area (Å²) >= 11 is 5.02. The maximum absolute atomic E-state index is 5.06. The lowest BCUT2D eigenvalue weighted by molar-refractivity contribution is 0.414. The lowest BCUT2D eigenvalue weighted by Crippen LogP contribution is -1.81. The zero-order valence-corrected chi connectivity index (χ0v) is 9.82. The van der Waals surface area contributed by atoms with Crippen molar-refractivity contribution >= 4 is 27.7 Å². The summed E-state index contributed by atoms with van der Waals surface area (Å²) in [6.07, 6.45) is 0. The lowest BCUT2D eigenvalue weighted by atomic mass is 10.3. The topological polar surface area (TPSA) is 9.23 Å². The van der Waals surface area contributed by atoms with E-state index >= 15 is 0 Å². The summed E-state index contributed by atoms with van der Waals surface area (Å²) in [4.78, 5) is 2.29. The smallest absolute Gasteiger partial charge is 0.118 e. The summed E-state index contributed by atoms with van der Waals surface area (Å²) in [7, 11) is 1.67. The van der Waals surface area contributed by atoms with Crippen LogP contribution in [0.4, 0.5) is 0 Å². The summed E-state index contributed by atoms with van der Waals surface area (Å²) in [6.45, 7) is 3.90. The highest BCUT2D eigenvalue weighted by Gasteiger charge is 1.97. The molecule has 0 fully saturated rings. The first-order chi connectivity index (χ1) is 6.26. The van der Waals surface area contributed by atoms with Gasteiger partial charge in [0, 0.05) is 10.2 Å². The zero-order valence-electron chi connectivity index (χ0n) is 7.42. The van der Waals surface area contributed by atoms with Gasteiger partial charge in [-0.3, -0.25) is 0 Å². The van der Waals surface area contributed by atoms with E-state index in [1.54, 1.807) is 18.9 Å². The van der Waals surface area contributed by atoms with Crippen LogP contribution in [-0.4, -0.2) is 12.4 Å². The van der Waals surface area contributed by atoms with Gasteiger partial charge in [-0.25, -0.2) is 0 Å². The molecule has 0 aliphatic carbocycles. The second-order valence-electron chi connectivity index (χ2n) is 2.45. The molecule has 70 valence electrons. The second kappa shape index (κ2) is 5.35. The molecule has 0 N–H and O–H groups in total. The van der Waals surface area contributed by atoms with E-state index in [0.29, 0.717) is 0 Å². The van der Waals surface area contributed by atoms with Gasteiger partial charge in [-0.05, 0) is 29.2 Å². The van der Waals surface area contributed by atoms with Crippen LogP contribution in [0.25, 0.3) is 0 Å². The van der Waals surface area contributed by atoms with Gasteiger partial charge in [0.15, 0.2) is 0 Å². The molecule has 0 aliphatic heterocycles. The van der Waals surface area contributed by atoms with Gasteiger partial charge in [-0.1, -0.05) is 34.3 Å². The Labute approximate surface area is 91.3 Å². The van der Waals surface area contributed by atoms with Crippen LogP contribution >= 0.6 is 27.7 Å². The van der Waals surface area contributed by atoms with E-state index in [2.05, 4.69) is 22.5 Å². The number of hydrogen-bond acceptors (Lipinski definition) is 2. The molecule has 1 aromatic carbocycles. The number of ether oxygens (including phenoxy) is 1. The molecule has 0 radical (unpaired) electrons. The second-order valence-corrected chi connectivity index (χ2v) is 4.26. The van der Waals surface area contributed by atoms with Gasteiger partial charge in [0.25, 0.3) is 0 Å². The number of methoxy groups -OCH3 is 1. The Morgan fingerprint density at radius 2 is 2.08 bits per heavy atom. The molecule has 0 spiro atoms. The Morgan fingerprint density at radius 1 is 1.46 bits per heavy atom. The highest BCUT2D eigenvalue weighted by Crippen LogP contribution is 2.27. The van der Waals surface area contributed by atoms with Crippen LogP contribution in [0.1, 0.15) is 0 Å². The number of thioether (sulfide) groups is 1. The highest BCUT2D eigenvalue weighted by atomic mass is 79.9. The van der Waals surface area contributed by atoms with Crippen LogP contribution in [0.15, 0.2) is 40.6 Å². The Balaban J connectivity index is 2.64. The first kappa shape index (κ1) is 10.7. The summed E-state index contributed by atoms with van der Waals surface area (Å²) in [6, 6.07) is 7.95. The van der Waals surface area contributed by atoms with Gasteiger partial charge in [0.05, 0.1) is 7.11 Å². The quantitative estimate of drug-likeness (QED) is 0.602. The average molecular weight is 259 g/mol. The maximum atomic E-state index is 5.06. The number of hydrogen-bond donors (Lipinski definition) is 0. The van der Waals surface area contributed by atoms with Gasteiger partial charge in [0.1, 0.15) is 5.75 Å². The van der Waals surface area contributed by atoms with Crippen LogP contribution in [0.3, 0.4) is 0 Å². The largest absolute Gasteiger partial charge is 0.497 e. The van der Waals surface area contributed by atoms with Gasteiger partial charge < -0.3 is 4.74 Å². The molecule has 0 aromatic heterocycles. The maximum Gasteiger partial charge on any atom is 0.118 e. The third-order valence-corrected chi connectivity index (χ3v) is 3.46. The molecular weight excluding hydrogens is 248 g/mol. The van der Waals surface area contributed by atoms with Crippen molar-refractivity contribution in [1.82, 2.24) is 0 Å². The van der Waals surface area contributed by atoms with Crippen molar-refractivity contribution in [3.63, 3.8) is 0 Å². The van der Waals surface area contributed by atoms with E-state index in [1.165, 1.54) is 4.90 Å². The van der Waals surface area contributed by atoms with Gasteiger partial charge in [-0.15, -0.1) is 0 Å². The van der Waals surface area contributed by atoms with Gasteiger partial charge >= 0.3 is 0 Å². The van der Waals surface area contributed by atoms with Crippen molar-refractivity contribution < 1.29 is 4.74 Å². The van der Waals surface area contributed by atoms with Crippen LogP contribution in [0.5, 0.6) is 5.75 Å². The molecular formula is C10H11BrOS. The molecule has 0 amide bonds. The van der Waals surface area contributed by atoms with E-state index < -0.39 is 0 Å². The first-order valence-corrected chi connectivity index (χ1v) is 5.75. The van der Waals surface area contributed by atoms with Crippen LogP contribution in [0, 0.1) is 0 Å². The summed E-state index contributed by atoms with van der Waals surface area (Å²) < 4.78 is 5.06. The van der Waals surface area contributed by atoms with E-state index in [-0.39, 0.29) is 0 Å². The molecule has 0 saturated heterocycles. The van der Waals surface area contributed by atoms with Crippen LogP contribution in [0.2, 0.25) is 0 Å². The number of alkyl halides is 1. The predicted molar refractivity (Wildman–Crippen MR) is 61.8 cm³/mol. The van der Waals surface area contributed by atoms with Crippen molar-refractivity contribution in [2.75, 3.05) is 12.4 Å². The summed E-state index contributed by atoms with van der Waals surface area (Å²) in [5.74, 6) is 0.883. The predicted octanol–water partition coefficient (Wildman–Crippen LogP) is 3.70. The highest BCUT2D eigenvalue weighted by molar-refractivity contribution is 9.09. The fraction of sp³-hybridized carbons (Fsp3) is 0.200. The Hall–Kier alpha value is -0.410. The number of benzene rings is 1. The van der Waals surface area contributed by atoms with E-state index in [1.807, 2.05) is 24.3 Å². The third-order valence-electron chi connectivity index (χ3n) is 1.47.